The minimum absolute atomic E-state index is 0.440. The lowest BCUT2D eigenvalue weighted by atomic mass is 10.0. The molecule has 118 valence electrons. The van der Waals surface area contributed by atoms with Gasteiger partial charge in [0.05, 0.1) is 26.9 Å². The molecule has 1 aromatic carbocycles. The molecule has 1 aliphatic heterocycles. The number of methoxy groups -OCH3 is 3. The lowest BCUT2D eigenvalue weighted by Gasteiger charge is -2.35. The van der Waals surface area contributed by atoms with Crippen molar-refractivity contribution >= 4 is 0 Å². The number of nitrogens with two attached hydrogens (primary N) is 1. The van der Waals surface area contributed by atoms with Gasteiger partial charge in [-0.15, -0.1) is 0 Å². The Labute approximate surface area is 127 Å². The summed E-state index contributed by atoms with van der Waals surface area (Å²) in [7, 11) is 4.99. The van der Waals surface area contributed by atoms with E-state index in [9.17, 15) is 0 Å². The molecule has 0 amide bonds. The Balaban J connectivity index is 2.28. The highest BCUT2D eigenvalue weighted by Crippen LogP contribution is 2.36. The molecule has 1 aromatic rings. The van der Waals surface area contributed by atoms with Gasteiger partial charge in [-0.2, -0.15) is 0 Å². The van der Waals surface area contributed by atoms with Gasteiger partial charge in [-0.1, -0.05) is 6.42 Å². The summed E-state index contributed by atoms with van der Waals surface area (Å²) < 4.78 is 16.3. The van der Waals surface area contributed by atoms with E-state index in [1.165, 1.54) is 12.8 Å². The van der Waals surface area contributed by atoms with Gasteiger partial charge >= 0.3 is 0 Å². The van der Waals surface area contributed by atoms with Gasteiger partial charge in [-0.3, -0.25) is 4.90 Å². The third-order valence-electron chi connectivity index (χ3n) is 4.20. The lowest BCUT2D eigenvalue weighted by molar-refractivity contribution is 0.142. The Morgan fingerprint density at radius 1 is 1.10 bits per heavy atom. The normalized spacial score (nSPS) is 19.3. The second-order valence-corrected chi connectivity index (χ2v) is 5.37. The number of benzene rings is 1. The average molecular weight is 294 g/mol. The SMILES string of the molecule is COc1cc(OC)c(CN2CCCCC2CN)c(OC)c1. The topological polar surface area (TPSA) is 57.0 Å². The van der Waals surface area contributed by atoms with Crippen LogP contribution in [0.15, 0.2) is 12.1 Å². The molecule has 0 radical (unpaired) electrons. The number of hydrogen-bond donors (Lipinski definition) is 1. The Morgan fingerprint density at radius 3 is 2.29 bits per heavy atom. The largest absolute Gasteiger partial charge is 0.496 e. The Hall–Kier alpha value is -1.46. The number of likely N-dealkylation sites (tertiary alicyclic amines) is 1. The van der Waals surface area contributed by atoms with Gasteiger partial charge in [0, 0.05) is 31.3 Å². The smallest absolute Gasteiger partial charge is 0.130 e. The average Bonchev–Trinajstić information content (AvgIpc) is 2.55. The van der Waals surface area contributed by atoms with E-state index in [2.05, 4.69) is 4.90 Å². The van der Waals surface area contributed by atoms with E-state index in [1.54, 1.807) is 21.3 Å². The highest BCUT2D eigenvalue weighted by Gasteiger charge is 2.24. The van der Waals surface area contributed by atoms with Crippen LogP contribution in [0.3, 0.4) is 0 Å². The Bertz CT molecular complexity index is 440. The number of rotatable bonds is 6. The second kappa shape index (κ2) is 7.52. The van der Waals surface area contributed by atoms with Crippen molar-refractivity contribution < 1.29 is 14.2 Å². The van der Waals surface area contributed by atoms with Gasteiger partial charge in [-0.05, 0) is 19.4 Å². The van der Waals surface area contributed by atoms with Crippen LogP contribution in [-0.2, 0) is 6.54 Å². The van der Waals surface area contributed by atoms with Crippen molar-refractivity contribution in [1.82, 2.24) is 4.90 Å². The number of piperidine rings is 1. The molecule has 1 heterocycles. The Morgan fingerprint density at radius 2 is 1.76 bits per heavy atom. The molecular weight excluding hydrogens is 268 g/mol. The van der Waals surface area contributed by atoms with Crippen LogP contribution in [0.1, 0.15) is 24.8 Å². The summed E-state index contributed by atoms with van der Waals surface area (Å²) in [5.74, 6) is 2.33. The molecule has 0 aromatic heterocycles. The first-order chi connectivity index (χ1) is 10.2. The first kappa shape index (κ1) is 15.9. The molecule has 0 spiro atoms. The third-order valence-corrected chi connectivity index (χ3v) is 4.20. The molecule has 1 unspecified atom stereocenters. The van der Waals surface area contributed by atoms with Gasteiger partial charge in [0.15, 0.2) is 0 Å². The van der Waals surface area contributed by atoms with E-state index in [0.717, 1.165) is 42.3 Å². The van der Waals surface area contributed by atoms with Gasteiger partial charge in [-0.25, -0.2) is 0 Å². The van der Waals surface area contributed by atoms with Crippen LogP contribution < -0.4 is 19.9 Å². The predicted octanol–water partition coefficient (Wildman–Crippen LogP) is 2.03. The lowest BCUT2D eigenvalue weighted by Crippen LogP contribution is -2.43. The molecule has 0 bridgehead atoms. The number of ether oxygens (including phenoxy) is 3. The molecule has 5 heteroatoms. The summed E-state index contributed by atoms with van der Waals surface area (Å²) in [4.78, 5) is 2.43. The summed E-state index contributed by atoms with van der Waals surface area (Å²) in [6.45, 7) is 2.55. The van der Waals surface area contributed by atoms with E-state index in [4.69, 9.17) is 19.9 Å². The van der Waals surface area contributed by atoms with Crippen LogP contribution in [0.5, 0.6) is 17.2 Å². The van der Waals surface area contributed by atoms with Crippen molar-refractivity contribution in [3.63, 3.8) is 0 Å². The van der Waals surface area contributed by atoms with E-state index in [1.807, 2.05) is 12.1 Å². The maximum absolute atomic E-state index is 5.91. The van der Waals surface area contributed by atoms with Crippen LogP contribution in [-0.4, -0.2) is 45.4 Å². The zero-order chi connectivity index (χ0) is 15.2. The highest BCUT2D eigenvalue weighted by molar-refractivity contribution is 5.50. The summed E-state index contributed by atoms with van der Waals surface area (Å²) in [5, 5.41) is 0. The minimum Gasteiger partial charge on any atom is -0.496 e. The zero-order valence-electron chi connectivity index (χ0n) is 13.2. The van der Waals surface area contributed by atoms with Gasteiger partial charge in [0.1, 0.15) is 17.2 Å². The molecule has 0 aliphatic carbocycles. The maximum atomic E-state index is 5.91. The van der Waals surface area contributed by atoms with Crippen LogP contribution in [0, 0.1) is 0 Å². The minimum atomic E-state index is 0.440. The molecule has 1 aliphatic rings. The van der Waals surface area contributed by atoms with Crippen molar-refractivity contribution in [3.8, 4) is 17.2 Å². The highest BCUT2D eigenvalue weighted by atomic mass is 16.5. The first-order valence-corrected chi connectivity index (χ1v) is 7.46. The monoisotopic (exact) mass is 294 g/mol. The summed E-state index contributed by atoms with van der Waals surface area (Å²) in [5.41, 5.74) is 6.97. The fourth-order valence-corrected chi connectivity index (χ4v) is 2.97. The van der Waals surface area contributed by atoms with Crippen molar-refractivity contribution in [3.05, 3.63) is 17.7 Å². The zero-order valence-corrected chi connectivity index (χ0v) is 13.2. The summed E-state index contributed by atoms with van der Waals surface area (Å²) in [6, 6.07) is 4.24. The fraction of sp³-hybridized carbons (Fsp3) is 0.625. The predicted molar refractivity (Wildman–Crippen MR) is 83.2 cm³/mol. The first-order valence-electron chi connectivity index (χ1n) is 7.46. The van der Waals surface area contributed by atoms with Crippen LogP contribution in [0.25, 0.3) is 0 Å². The van der Waals surface area contributed by atoms with E-state index in [-0.39, 0.29) is 0 Å². The van der Waals surface area contributed by atoms with Crippen molar-refractivity contribution in [2.24, 2.45) is 5.73 Å². The van der Waals surface area contributed by atoms with Crippen molar-refractivity contribution in [2.45, 2.75) is 31.8 Å². The van der Waals surface area contributed by atoms with Crippen molar-refractivity contribution in [1.29, 1.82) is 0 Å². The standard InChI is InChI=1S/C16H26N2O3/c1-19-13-8-15(20-2)14(16(9-13)21-3)11-18-7-5-4-6-12(18)10-17/h8-9,12H,4-7,10-11,17H2,1-3H3. The van der Waals surface area contributed by atoms with Gasteiger partial charge in [0.2, 0.25) is 0 Å². The molecule has 1 atom stereocenters. The summed E-state index contributed by atoms with van der Waals surface area (Å²) in [6.07, 6.45) is 3.64. The number of hydrogen-bond acceptors (Lipinski definition) is 5. The van der Waals surface area contributed by atoms with E-state index < -0.39 is 0 Å². The van der Waals surface area contributed by atoms with Crippen molar-refractivity contribution in [2.75, 3.05) is 34.4 Å². The van der Waals surface area contributed by atoms with Gasteiger partial charge < -0.3 is 19.9 Å². The summed E-state index contributed by atoms with van der Waals surface area (Å²) >= 11 is 0. The van der Waals surface area contributed by atoms with Gasteiger partial charge in [0.25, 0.3) is 0 Å². The molecule has 1 saturated heterocycles. The molecule has 21 heavy (non-hydrogen) atoms. The van der Waals surface area contributed by atoms with Crippen LogP contribution in [0.4, 0.5) is 0 Å². The van der Waals surface area contributed by atoms with E-state index in [0.29, 0.717) is 12.6 Å². The molecule has 5 nitrogen and oxygen atoms in total. The van der Waals surface area contributed by atoms with E-state index >= 15 is 0 Å². The van der Waals surface area contributed by atoms with Crippen LogP contribution >= 0.6 is 0 Å². The number of nitrogens with zero attached hydrogens (tertiary/aromatic N) is 1. The maximum Gasteiger partial charge on any atom is 0.130 e. The molecule has 1 fully saturated rings. The second-order valence-electron chi connectivity index (χ2n) is 5.37. The quantitative estimate of drug-likeness (QED) is 0.870. The molecule has 2 rings (SSSR count). The molecule has 2 N–H and O–H groups in total. The molecule has 0 saturated carbocycles. The van der Waals surface area contributed by atoms with Crippen LogP contribution in [0.2, 0.25) is 0 Å². The fourth-order valence-electron chi connectivity index (χ4n) is 2.97. The third kappa shape index (κ3) is 3.60. The Kier molecular flexibility index (Phi) is 5.70. The molecular formula is C16H26N2O3.